The second-order valence-electron chi connectivity index (χ2n) is 2.61. The van der Waals surface area contributed by atoms with Crippen LogP contribution in [0.15, 0.2) is 23.1 Å². The number of nitrogens with two attached hydrogens (primary N) is 1. The molecule has 1 rings (SSSR count). The molecular formula is C9H10FNOS. The number of rotatable bonds is 3. The molecule has 0 fully saturated rings. The summed E-state index contributed by atoms with van der Waals surface area (Å²) in [5.74, 6) is -0.442. The maximum atomic E-state index is 12.9. The predicted octanol–water partition coefficient (Wildman–Crippen LogP) is 2.09. The molecule has 0 aliphatic rings. The van der Waals surface area contributed by atoms with Gasteiger partial charge in [0.2, 0.25) is 0 Å². The Labute approximate surface area is 80.3 Å². The molecule has 1 aromatic rings. The van der Waals surface area contributed by atoms with Crippen LogP contribution < -0.4 is 5.73 Å². The van der Waals surface area contributed by atoms with Crippen molar-refractivity contribution in [1.82, 2.24) is 0 Å². The van der Waals surface area contributed by atoms with Crippen molar-refractivity contribution < 1.29 is 9.18 Å². The van der Waals surface area contributed by atoms with Crippen molar-refractivity contribution >= 4 is 23.7 Å². The van der Waals surface area contributed by atoms with Crippen LogP contribution in [0.4, 0.5) is 10.1 Å². The fraction of sp³-hybridized carbons (Fsp3) is 0.222. The molecule has 0 bridgehead atoms. The number of anilines is 1. The van der Waals surface area contributed by atoms with E-state index in [9.17, 15) is 9.18 Å². The summed E-state index contributed by atoms with van der Waals surface area (Å²) >= 11 is 1.25. The lowest BCUT2D eigenvalue weighted by Crippen LogP contribution is -1.99. The highest BCUT2D eigenvalue weighted by Gasteiger charge is 2.08. The molecule has 0 spiro atoms. The summed E-state index contributed by atoms with van der Waals surface area (Å²) in [6, 6.07) is 4.57. The highest BCUT2D eigenvalue weighted by atomic mass is 32.2. The van der Waals surface area contributed by atoms with Gasteiger partial charge in [0.1, 0.15) is 12.1 Å². The zero-order chi connectivity index (χ0) is 9.84. The van der Waals surface area contributed by atoms with Crippen molar-refractivity contribution in [2.24, 2.45) is 0 Å². The number of nitrogen functional groups attached to an aromatic ring is 1. The molecule has 0 saturated heterocycles. The molecule has 0 saturated carbocycles. The molecule has 0 radical (unpaired) electrons. The zero-order valence-corrected chi connectivity index (χ0v) is 7.98. The van der Waals surface area contributed by atoms with E-state index < -0.39 is 5.82 Å². The molecule has 0 amide bonds. The molecule has 0 aromatic heterocycles. The molecule has 0 heterocycles. The van der Waals surface area contributed by atoms with Crippen molar-refractivity contribution in [2.75, 3.05) is 5.73 Å². The standard InChI is InChI=1S/C9H10FNOS/c1-6(5-12)13-8-4-2-3-7(10)9(8)11/h2-6H,11H2,1H3. The maximum absolute atomic E-state index is 12.9. The van der Waals surface area contributed by atoms with Crippen LogP contribution in [-0.4, -0.2) is 11.5 Å². The Morgan fingerprint density at radius 1 is 1.62 bits per heavy atom. The molecule has 70 valence electrons. The van der Waals surface area contributed by atoms with Crippen molar-refractivity contribution in [3.63, 3.8) is 0 Å². The molecule has 1 unspecified atom stereocenters. The van der Waals surface area contributed by atoms with E-state index in [1.165, 1.54) is 17.8 Å². The summed E-state index contributed by atoms with van der Waals surface area (Å²) < 4.78 is 12.9. The molecule has 2 nitrogen and oxygen atoms in total. The minimum Gasteiger partial charge on any atom is -0.395 e. The Hall–Kier alpha value is -1.03. The first-order chi connectivity index (χ1) is 6.15. The lowest BCUT2D eigenvalue weighted by atomic mass is 10.3. The van der Waals surface area contributed by atoms with Crippen LogP contribution in [0.2, 0.25) is 0 Å². The van der Waals surface area contributed by atoms with Crippen molar-refractivity contribution in [2.45, 2.75) is 17.1 Å². The number of hydrogen-bond acceptors (Lipinski definition) is 3. The quantitative estimate of drug-likeness (QED) is 0.460. The van der Waals surface area contributed by atoms with Crippen LogP contribution >= 0.6 is 11.8 Å². The average molecular weight is 199 g/mol. The first kappa shape index (κ1) is 10.1. The van der Waals surface area contributed by atoms with E-state index in [4.69, 9.17) is 5.73 Å². The average Bonchev–Trinajstić information content (AvgIpc) is 2.13. The third kappa shape index (κ3) is 2.45. The normalized spacial score (nSPS) is 12.5. The fourth-order valence-corrected chi connectivity index (χ4v) is 1.69. The van der Waals surface area contributed by atoms with Crippen LogP contribution in [0.3, 0.4) is 0 Å². The minimum atomic E-state index is -0.442. The number of thioether (sulfide) groups is 1. The van der Waals surface area contributed by atoms with Crippen LogP contribution in [0.1, 0.15) is 6.92 Å². The van der Waals surface area contributed by atoms with Crippen LogP contribution in [-0.2, 0) is 4.79 Å². The molecule has 1 atom stereocenters. The van der Waals surface area contributed by atoms with Gasteiger partial charge in [-0.15, -0.1) is 11.8 Å². The van der Waals surface area contributed by atoms with E-state index in [2.05, 4.69) is 0 Å². The molecule has 2 N–H and O–H groups in total. The predicted molar refractivity (Wildman–Crippen MR) is 52.2 cm³/mol. The van der Waals surface area contributed by atoms with Gasteiger partial charge in [-0.05, 0) is 19.1 Å². The zero-order valence-electron chi connectivity index (χ0n) is 7.16. The number of halogens is 1. The lowest BCUT2D eigenvalue weighted by molar-refractivity contribution is -0.107. The van der Waals surface area contributed by atoms with Gasteiger partial charge in [0.15, 0.2) is 0 Å². The second-order valence-corrected chi connectivity index (χ2v) is 4.03. The fourth-order valence-electron chi connectivity index (χ4n) is 0.848. The largest absolute Gasteiger partial charge is 0.395 e. The summed E-state index contributed by atoms with van der Waals surface area (Å²) in [5, 5.41) is -0.205. The molecule has 0 aliphatic carbocycles. The van der Waals surface area contributed by atoms with Gasteiger partial charge in [-0.2, -0.15) is 0 Å². The third-order valence-electron chi connectivity index (χ3n) is 1.52. The SMILES string of the molecule is CC(C=O)Sc1cccc(F)c1N. The van der Waals surface area contributed by atoms with Crippen molar-refractivity contribution in [3.05, 3.63) is 24.0 Å². The van der Waals surface area contributed by atoms with Gasteiger partial charge < -0.3 is 10.5 Å². The highest BCUT2D eigenvalue weighted by molar-refractivity contribution is 8.00. The summed E-state index contributed by atoms with van der Waals surface area (Å²) in [6.07, 6.45) is 0.801. The summed E-state index contributed by atoms with van der Waals surface area (Å²) in [5.41, 5.74) is 5.59. The minimum absolute atomic E-state index is 0.112. The van der Waals surface area contributed by atoms with Gasteiger partial charge in [0, 0.05) is 4.90 Å². The molecule has 1 aromatic carbocycles. The number of hydrogen-bond donors (Lipinski definition) is 1. The second kappa shape index (κ2) is 4.28. The summed E-state index contributed by atoms with van der Waals surface area (Å²) in [4.78, 5) is 11.0. The number of para-hydroxylation sites is 1. The Morgan fingerprint density at radius 2 is 2.31 bits per heavy atom. The van der Waals surface area contributed by atoms with Gasteiger partial charge in [-0.25, -0.2) is 4.39 Å². The lowest BCUT2D eigenvalue weighted by Gasteiger charge is -2.06. The van der Waals surface area contributed by atoms with E-state index in [1.54, 1.807) is 19.1 Å². The number of carbonyl (C=O) groups excluding carboxylic acids is 1. The van der Waals surface area contributed by atoms with E-state index in [1.807, 2.05) is 0 Å². The van der Waals surface area contributed by atoms with E-state index in [0.29, 0.717) is 4.90 Å². The Bertz CT molecular complexity index is 316. The van der Waals surface area contributed by atoms with E-state index in [-0.39, 0.29) is 10.9 Å². The topological polar surface area (TPSA) is 43.1 Å². The van der Waals surface area contributed by atoms with Gasteiger partial charge in [-0.3, -0.25) is 0 Å². The first-order valence-electron chi connectivity index (χ1n) is 3.81. The highest BCUT2D eigenvalue weighted by Crippen LogP contribution is 2.29. The third-order valence-corrected chi connectivity index (χ3v) is 2.61. The van der Waals surface area contributed by atoms with Crippen molar-refractivity contribution in [3.8, 4) is 0 Å². The Morgan fingerprint density at radius 3 is 2.92 bits per heavy atom. The smallest absolute Gasteiger partial charge is 0.147 e. The van der Waals surface area contributed by atoms with Crippen LogP contribution in [0.5, 0.6) is 0 Å². The number of carbonyl (C=O) groups is 1. The number of aldehydes is 1. The van der Waals surface area contributed by atoms with Crippen molar-refractivity contribution in [1.29, 1.82) is 0 Å². The maximum Gasteiger partial charge on any atom is 0.147 e. The van der Waals surface area contributed by atoms with Gasteiger partial charge in [-0.1, -0.05) is 6.07 Å². The van der Waals surface area contributed by atoms with Gasteiger partial charge in [0.25, 0.3) is 0 Å². The molecule has 13 heavy (non-hydrogen) atoms. The summed E-state index contributed by atoms with van der Waals surface area (Å²) in [7, 11) is 0. The Balaban J connectivity index is 2.88. The van der Waals surface area contributed by atoms with Crippen LogP contribution in [0, 0.1) is 5.82 Å². The molecule has 4 heteroatoms. The molecular weight excluding hydrogens is 189 g/mol. The van der Waals surface area contributed by atoms with Gasteiger partial charge >= 0.3 is 0 Å². The number of benzene rings is 1. The first-order valence-corrected chi connectivity index (χ1v) is 4.69. The molecule has 0 aliphatic heterocycles. The summed E-state index contributed by atoms with van der Waals surface area (Å²) in [6.45, 7) is 1.74. The van der Waals surface area contributed by atoms with Crippen LogP contribution in [0.25, 0.3) is 0 Å². The van der Waals surface area contributed by atoms with E-state index >= 15 is 0 Å². The van der Waals surface area contributed by atoms with Gasteiger partial charge in [0.05, 0.1) is 10.9 Å². The monoisotopic (exact) mass is 199 g/mol. The Kier molecular flexibility index (Phi) is 3.31. The van der Waals surface area contributed by atoms with E-state index in [0.717, 1.165) is 6.29 Å².